The molecule has 1 aliphatic rings. The van der Waals surface area contributed by atoms with Crippen LogP contribution >= 0.6 is 0 Å². The molecule has 1 fully saturated rings. The summed E-state index contributed by atoms with van der Waals surface area (Å²) < 4.78 is 0. The van der Waals surface area contributed by atoms with E-state index in [2.05, 4.69) is 5.32 Å². The summed E-state index contributed by atoms with van der Waals surface area (Å²) >= 11 is 0. The SMILES string of the molecule is CC1NC(=O)C(=O)N1CCC(C(N)=O)(c1ccccc1)c1ccccc1. The van der Waals surface area contributed by atoms with Gasteiger partial charge in [-0.1, -0.05) is 60.7 Å². The average Bonchev–Trinajstić information content (AvgIpc) is 2.89. The molecule has 26 heavy (non-hydrogen) atoms. The third-order valence-electron chi connectivity index (χ3n) is 4.94. The van der Waals surface area contributed by atoms with Crippen LogP contribution in [-0.2, 0) is 19.8 Å². The van der Waals surface area contributed by atoms with E-state index in [9.17, 15) is 14.4 Å². The summed E-state index contributed by atoms with van der Waals surface area (Å²) in [5, 5.41) is 2.58. The molecule has 3 rings (SSSR count). The first-order chi connectivity index (χ1) is 12.5. The first kappa shape index (κ1) is 17.7. The van der Waals surface area contributed by atoms with Crippen molar-refractivity contribution < 1.29 is 14.4 Å². The number of carbonyl (C=O) groups is 3. The molecule has 1 saturated heterocycles. The second-order valence-corrected chi connectivity index (χ2v) is 6.40. The molecule has 134 valence electrons. The Kier molecular flexibility index (Phi) is 4.75. The summed E-state index contributed by atoms with van der Waals surface area (Å²) in [6, 6.07) is 18.6. The normalized spacial score (nSPS) is 17.3. The van der Waals surface area contributed by atoms with Crippen LogP contribution in [0, 0.1) is 0 Å². The van der Waals surface area contributed by atoms with Gasteiger partial charge in [-0.2, -0.15) is 0 Å². The molecule has 3 amide bonds. The van der Waals surface area contributed by atoms with Gasteiger partial charge in [-0.3, -0.25) is 14.4 Å². The molecule has 0 bridgehead atoms. The largest absolute Gasteiger partial charge is 0.369 e. The minimum Gasteiger partial charge on any atom is -0.369 e. The van der Waals surface area contributed by atoms with Crippen molar-refractivity contribution in [3.05, 3.63) is 71.8 Å². The Labute approximate surface area is 152 Å². The zero-order chi connectivity index (χ0) is 18.7. The maximum atomic E-state index is 12.7. The van der Waals surface area contributed by atoms with Crippen LogP contribution in [-0.4, -0.2) is 35.3 Å². The molecular formula is C20H21N3O3. The number of hydrogen-bond acceptors (Lipinski definition) is 3. The van der Waals surface area contributed by atoms with Crippen molar-refractivity contribution in [3.8, 4) is 0 Å². The summed E-state index contributed by atoms with van der Waals surface area (Å²) in [5.74, 6) is -1.70. The highest BCUT2D eigenvalue weighted by molar-refractivity contribution is 6.36. The monoisotopic (exact) mass is 351 g/mol. The van der Waals surface area contributed by atoms with Crippen LogP contribution in [0.25, 0.3) is 0 Å². The fourth-order valence-corrected chi connectivity index (χ4v) is 3.53. The zero-order valence-electron chi connectivity index (χ0n) is 14.5. The summed E-state index contributed by atoms with van der Waals surface area (Å²) in [4.78, 5) is 37.8. The third-order valence-corrected chi connectivity index (χ3v) is 4.94. The second-order valence-electron chi connectivity index (χ2n) is 6.40. The number of amides is 3. The maximum Gasteiger partial charge on any atom is 0.313 e. The van der Waals surface area contributed by atoms with E-state index in [0.29, 0.717) is 0 Å². The zero-order valence-corrected chi connectivity index (χ0v) is 14.5. The topological polar surface area (TPSA) is 92.5 Å². The van der Waals surface area contributed by atoms with Gasteiger partial charge in [0, 0.05) is 6.54 Å². The summed E-state index contributed by atoms with van der Waals surface area (Å²) in [6.45, 7) is 1.96. The van der Waals surface area contributed by atoms with Gasteiger partial charge in [0.1, 0.15) is 11.6 Å². The van der Waals surface area contributed by atoms with Gasteiger partial charge in [0.2, 0.25) is 5.91 Å². The molecule has 0 aliphatic carbocycles. The van der Waals surface area contributed by atoms with E-state index in [1.807, 2.05) is 60.7 Å². The number of carbonyl (C=O) groups excluding carboxylic acids is 3. The lowest BCUT2D eigenvalue weighted by Gasteiger charge is -2.34. The van der Waals surface area contributed by atoms with E-state index in [4.69, 9.17) is 5.73 Å². The van der Waals surface area contributed by atoms with E-state index in [1.54, 1.807) is 6.92 Å². The van der Waals surface area contributed by atoms with E-state index in [0.717, 1.165) is 11.1 Å². The Hall–Kier alpha value is -3.15. The molecular weight excluding hydrogens is 330 g/mol. The molecule has 0 aromatic heterocycles. The van der Waals surface area contributed by atoms with Gasteiger partial charge in [-0.15, -0.1) is 0 Å². The fraction of sp³-hybridized carbons (Fsp3) is 0.250. The first-order valence-corrected chi connectivity index (χ1v) is 8.49. The predicted molar refractivity (Wildman–Crippen MR) is 96.8 cm³/mol. The number of nitrogens with two attached hydrogens (primary N) is 1. The van der Waals surface area contributed by atoms with E-state index in [-0.39, 0.29) is 13.0 Å². The molecule has 0 spiro atoms. The standard InChI is InChI=1S/C20H21N3O3/c1-14-22-17(24)18(25)23(14)13-12-20(19(21)26,15-8-4-2-5-9-15)16-10-6-3-7-11-16/h2-11,14H,12-13H2,1H3,(H2,21,26)(H,22,24). The van der Waals surface area contributed by atoms with Crippen LogP contribution in [0.15, 0.2) is 60.7 Å². The van der Waals surface area contributed by atoms with Crippen LogP contribution in [0.1, 0.15) is 24.5 Å². The highest BCUT2D eigenvalue weighted by atomic mass is 16.2. The number of hydrogen-bond donors (Lipinski definition) is 2. The van der Waals surface area contributed by atoms with Crippen molar-refractivity contribution in [2.75, 3.05) is 6.54 Å². The third kappa shape index (κ3) is 2.94. The van der Waals surface area contributed by atoms with Crippen LogP contribution in [0.3, 0.4) is 0 Å². The van der Waals surface area contributed by atoms with Crippen molar-refractivity contribution >= 4 is 17.7 Å². The molecule has 2 aromatic carbocycles. The van der Waals surface area contributed by atoms with Crippen molar-refractivity contribution in [1.82, 2.24) is 10.2 Å². The van der Waals surface area contributed by atoms with Gasteiger partial charge in [-0.05, 0) is 24.5 Å². The molecule has 1 atom stereocenters. The van der Waals surface area contributed by atoms with Gasteiger partial charge in [-0.25, -0.2) is 0 Å². The summed E-state index contributed by atoms with van der Waals surface area (Å²) in [6.07, 6.45) is -0.131. The molecule has 3 N–H and O–H groups in total. The van der Waals surface area contributed by atoms with Crippen LogP contribution in [0.4, 0.5) is 0 Å². The van der Waals surface area contributed by atoms with Crippen molar-refractivity contribution in [3.63, 3.8) is 0 Å². The van der Waals surface area contributed by atoms with Crippen LogP contribution < -0.4 is 11.1 Å². The minimum absolute atomic E-state index is 0.228. The Morgan fingerprint density at radius 1 is 1.04 bits per heavy atom. The minimum atomic E-state index is -1.09. The van der Waals surface area contributed by atoms with Crippen molar-refractivity contribution in [2.24, 2.45) is 5.73 Å². The van der Waals surface area contributed by atoms with Crippen LogP contribution in [0.2, 0.25) is 0 Å². The molecule has 1 unspecified atom stereocenters. The lowest BCUT2D eigenvalue weighted by atomic mass is 9.71. The van der Waals surface area contributed by atoms with Gasteiger partial charge in [0.05, 0.1) is 0 Å². The Morgan fingerprint density at radius 3 is 1.92 bits per heavy atom. The van der Waals surface area contributed by atoms with Gasteiger partial charge >= 0.3 is 11.8 Å². The number of rotatable bonds is 6. The van der Waals surface area contributed by atoms with E-state index >= 15 is 0 Å². The summed E-state index contributed by atoms with van der Waals surface area (Å²) in [5.41, 5.74) is 6.33. The number of benzene rings is 2. The number of nitrogens with one attached hydrogen (secondary N) is 1. The molecule has 1 heterocycles. The van der Waals surface area contributed by atoms with E-state index < -0.39 is 29.3 Å². The number of primary amides is 1. The van der Waals surface area contributed by atoms with Gasteiger partial charge < -0.3 is 16.0 Å². The molecule has 0 saturated carbocycles. The second kappa shape index (κ2) is 7.00. The molecule has 0 radical (unpaired) electrons. The van der Waals surface area contributed by atoms with Crippen LogP contribution in [0.5, 0.6) is 0 Å². The highest BCUT2D eigenvalue weighted by Crippen LogP contribution is 2.36. The maximum absolute atomic E-state index is 12.7. The lowest BCUT2D eigenvalue weighted by molar-refractivity contribution is -0.141. The molecule has 6 nitrogen and oxygen atoms in total. The van der Waals surface area contributed by atoms with Crippen molar-refractivity contribution in [1.29, 1.82) is 0 Å². The average molecular weight is 351 g/mol. The quantitative estimate of drug-likeness (QED) is 0.765. The Bertz CT molecular complexity index is 781. The first-order valence-electron chi connectivity index (χ1n) is 8.49. The summed E-state index contributed by atoms with van der Waals surface area (Å²) in [7, 11) is 0. The molecule has 1 aliphatic heterocycles. The van der Waals surface area contributed by atoms with Crippen molar-refractivity contribution in [2.45, 2.75) is 24.9 Å². The predicted octanol–water partition coefficient (Wildman–Crippen LogP) is 1.15. The highest BCUT2D eigenvalue weighted by Gasteiger charge is 2.43. The Balaban J connectivity index is 2.02. The Morgan fingerprint density at radius 2 is 1.54 bits per heavy atom. The fourth-order valence-electron chi connectivity index (χ4n) is 3.53. The smallest absolute Gasteiger partial charge is 0.313 e. The van der Waals surface area contributed by atoms with E-state index in [1.165, 1.54) is 4.90 Å². The lowest BCUT2D eigenvalue weighted by Crippen LogP contribution is -2.46. The van der Waals surface area contributed by atoms with Gasteiger partial charge in [0.25, 0.3) is 0 Å². The van der Waals surface area contributed by atoms with Gasteiger partial charge in [0.15, 0.2) is 0 Å². The molecule has 2 aromatic rings. The number of nitrogens with zero attached hydrogens (tertiary/aromatic N) is 1. The molecule has 6 heteroatoms.